The lowest BCUT2D eigenvalue weighted by Crippen LogP contribution is -1.83. The van der Waals surface area contributed by atoms with E-state index >= 15 is 0 Å². The van der Waals surface area contributed by atoms with Crippen LogP contribution in [-0.4, -0.2) is 5.97 Å². The molecule has 1 radical (unpaired) electrons. The first-order chi connectivity index (χ1) is 3.13. The van der Waals surface area contributed by atoms with Crippen LogP contribution in [0.4, 0.5) is 0 Å². The lowest BCUT2D eigenvalue weighted by atomic mass is 10.3. The van der Waals surface area contributed by atoms with Gasteiger partial charge in [0, 0.05) is 6.08 Å². The Bertz CT molecular complexity index is 98.6. The zero-order valence-corrected chi connectivity index (χ0v) is 4.39. The Balaban J connectivity index is 3.68. The van der Waals surface area contributed by atoms with E-state index in [9.17, 15) is 9.90 Å². The van der Waals surface area contributed by atoms with E-state index in [2.05, 4.69) is 0 Å². The quantitative estimate of drug-likeness (QED) is 0.450. The predicted molar refractivity (Wildman–Crippen MR) is 25.1 cm³/mol. The van der Waals surface area contributed by atoms with Crippen LogP contribution in [0.5, 0.6) is 0 Å². The summed E-state index contributed by atoms with van der Waals surface area (Å²) in [6.07, 6.45) is 1.06. The van der Waals surface area contributed by atoms with Crippen molar-refractivity contribution in [1.29, 1.82) is 0 Å². The molecule has 0 bridgehead atoms. The summed E-state index contributed by atoms with van der Waals surface area (Å²) in [7, 11) is 0. The Morgan fingerprint density at radius 2 is 1.86 bits per heavy atom. The van der Waals surface area contributed by atoms with E-state index in [0.717, 1.165) is 11.6 Å². The van der Waals surface area contributed by atoms with E-state index in [1.54, 1.807) is 13.8 Å². The molecular weight excluding hydrogens is 92.1 g/mol. The van der Waals surface area contributed by atoms with Gasteiger partial charge in [-0.1, -0.05) is 5.57 Å². The maximum Gasteiger partial charge on any atom is 0.379 e. The first-order valence-electron chi connectivity index (χ1n) is 1.99. The molecule has 2 heteroatoms. The molecule has 0 aliphatic rings. The van der Waals surface area contributed by atoms with Crippen molar-refractivity contribution in [2.45, 2.75) is 13.8 Å². The SMILES string of the molecule is CC(C)=CC([O])=O. The van der Waals surface area contributed by atoms with Gasteiger partial charge in [0.25, 0.3) is 0 Å². The van der Waals surface area contributed by atoms with Crippen LogP contribution in [0.2, 0.25) is 0 Å². The summed E-state index contributed by atoms with van der Waals surface area (Å²) in [6.45, 7) is 3.41. The Hall–Kier alpha value is -0.790. The van der Waals surface area contributed by atoms with Crippen molar-refractivity contribution in [2.24, 2.45) is 0 Å². The van der Waals surface area contributed by atoms with Crippen LogP contribution < -0.4 is 0 Å². The lowest BCUT2D eigenvalue weighted by molar-refractivity contribution is -0.137. The van der Waals surface area contributed by atoms with Gasteiger partial charge in [-0.2, -0.15) is 0 Å². The molecule has 0 N–H and O–H groups in total. The maximum absolute atomic E-state index is 9.62. The average Bonchev–Trinajstić information content (AvgIpc) is 1.27. The van der Waals surface area contributed by atoms with Crippen molar-refractivity contribution in [2.75, 3.05) is 0 Å². The van der Waals surface area contributed by atoms with Gasteiger partial charge in [-0.15, -0.1) is 0 Å². The van der Waals surface area contributed by atoms with Gasteiger partial charge in [0.05, 0.1) is 0 Å². The summed E-state index contributed by atoms with van der Waals surface area (Å²) in [6, 6.07) is 0. The molecular formula is C5H7O2. The average molecular weight is 99.1 g/mol. The molecule has 0 spiro atoms. The van der Waals surface area contributed by atoms with Gasteiger partial charge in [0.2, 0.25) is 0 Å². The summed E-state index contributed by atoms with van der Waals surface area (Å²) in [5.74, 6) is -1.12. The lowest BCUT2D eigenvalue weighted by Gasteiger charge is -1.77. The van der Waals surface area contributed by atoms with Gasteiger partial charge >= 0.3 is 5.97 Å². The Labute approximate surface area is 42.5 Å². The second kappa shape index (κ2) is 2.39. The van der Waals surface area contributed by atoms with Crippen molar-refractivity contribution >= 4 is 5.97 Å². The van der Waals surface area contributed by atoms with Crippen molar-refractivity contribution in [3.63, 3.8) is 0 Å². The largest absolute Gasteiger partial charge is 0.379 e. The van der Waals surface area contributed by atoms with Crippen LogP contribution in [0.15, 0.2) is 11.6 Å². The third kappa shape index (κ3) is 5.21. The second-order valence-electron chi connectivity index (χ2n) is 1.54. The van der Waals surface area contributed by atoms with Crippen molar-refractivity contribution in [3.05, 3.63) is 11.6 Å². The highest BCUT2D eigenvalue weighted by Gasteiger charge is 1.87. The van der Waals surface area contributed by atoms with Gasteiger partial charge in [-0.3, -0.25) is 0 Å². The Morgan fingerprint density at radius 3 is 1.86 bits per heavy atom. The van der Waals surface area contributed by atoms with Crippen molar-refractivity contribution < 1.29 is 9.90 Å². The van der Waals surface area contributed by atoms with Crippen molar-refractivity contribution in [3.8, 4) is 0 Å². The summed E-state index contributed by atoms with van der Waals surface area (Å²) in [5, 5.41) is 9.62. The molecule has 7 heavy (non-hydrogen) atoms. The Kier molecular flexibility index (Phi) is 2.12. The molecule has 0 aromatic rings. The first-order valence-corrected chi connectivity index (χ1v) is 1.99. The molecule has 0 fully saturated rings. The van der Waals surface area contributed by atoms with Gasteiger partial charge in [-0.25, -0.2) is 9.90 Å². The highest BCUT2D eigenvalue weighted by Crippen LogP contribution is 1.85. The maximum atomic E-state index is 9.62. The van der Waals surface area contributed by atoms with Crippen molar-refractivity contribution in [1.82, 2.24) is 0 Å². The molecule has 0 amide bonds. The molecule has 0 aliphatic carbocycles. The molecule has 0 heterocycles. The summed E-state index contributed by atoms with van der Waals surface area (Å²) in [5.41, 5.74) is 0.750. The zero-order valence-electron chi connectivity index (χ0n) is 4.39. The number of carbonyl (C=O) groups excluding carboxylic acids is 1. The van der Waals surface area contributed by atoms with E-state index < -0.39 is 5.97 Å². The standard InChI is InChI=1S/C5H7O2/c1-4(2)3-5(6)7/h3H,1-2H3. The molecule has 39 valence electrons. The minimum absolute atomic E-state index is 0.750. The zero-order chi connectivity index (χ0) is 5.86. The van der Waals surface area contributed by atoms with Crippen LogP contribution in [0.1, 0.15) is 13.8 Å². The van der Waals surface area contributed by atoms with E-state index in [0.29, 0.717) is 0 Å². The fraction of sp³-hybridized carbons (Fsp3) is 0.400. The summed E-state index contributed by atoms with van der Waals surface area (Å²) >= 11 is 0. The molecule has 0 aromatic heterocycles. The highest BCUT2D eigenvalue weighted by atomic mass is 16.4. The summed E-state index contributed by atoms with van der Waals surface area (Å²) in [4.78, 5) is 9.62. The van der Waals surface area contributed by atoms with E-state index in [1.165, 1.54) is 0 Å². The smallest absolute Gasteiger partial charge is 0.242 e. The monoisotopic (exact) mass is 99.0 g/mol. The van der Waals surface area contributed by atoms with Crippen LogP contribution in [0, 0.1) is 0 Å². The minimum Gasteiger partial charge on any atom is -0.242 e. The predicted octanol–water partition coefficient (Wildman–Crippen LogP) is 0.910. The third-order valence-corrected chi connectivity index (χ3v) is 0.407. The number of rotatable bonds is 1. The molecule has 0 rings (SSSR count). The van der Waals surface area contributed by atoms with Crippen LogP contribution in [-0.2, 0) is 9.90 Å². The summed E-state index contributed by atoms with van der Waals surface area (Å²) < 4.78 is 0. The van der Waals surface area contributed by atoms with Crippen LogP contribution >= 0.6 is 0 Å². The van der Waals surface area contributed by atoms with Gasteiger partial charge in [0.15, 0.2) is 0 Å². The van der Waals surface area contributed by atoms with Gasteiger partial charge in [0.1, 0.15) is 0 Å². The second-order valence-corrected chi connectivity index (χ2v) is 1.54. The molecule has 0 unspecified atom stereocenters. The minimum atomic E-state index is -1.12. The van der Waals surface area contributed by atoms with E-state index in [-0.39, 0.29) is 0 Å². The normalized spacial score (nSPS) is 7.71. The van der Waals surface area contributed by atoms with E-state index in [4.69, 9.17) is 0 Å². The number of hydrogen-bond donors (Lipinski definition) is 0. The molecule has 2 nitrogen and oxygen atoms in total. The molecule has 0 aliphatic heterocycles. The van der Waals surface area contributed by atoms with Gasteiger partial charge < -0.3 is 0 Å². The fourth-order valence-electron chi connectivity index (χ4n) is 0.236. The Morgan fingerprint density at radius 1 is 1.43 bits per heavy atom. The first kappa shape index (κ1) is 6.21. The van der Waals surface area contributed by atoms with Crippen LogP contribution in [0.3, 0.4) is 0 Å². The fourth-order valence-corrected chi connectivity index (χ4v) is 0.236. The molecule has 0 saturated carbocycles. The topological polar surface area (TPSA) is 37.0 Å². The molecule has 0 saturated heterocycles. The molecule has 0 atom stereocenters. The third-order valence-electron chi connectivity index (χ3n) is 0.407. The number of carbonyl (C=O) groups is 1. The number of allylic oxidation sites excluding steroid dienone is 1. The number of hydrogen-bond acceptors (Lipinski definition) is 1. The van der Waals surface area contributed by atoms with Gasteiger partial charge in [-0.05, 0) is 13.8 Å². The van der Waals surface area contributed by atoms with Crippen LogP contribution in [0.25, 0.3) is 0 Å². The van der Waals surface area contributed by atoms with E-state index in [1.807, 2.05) is 0 Å². The highest BCUT2D eigenvalue weighted by molar-refractivity contribution is 5.79. The molecule has 0 aromatic carbocycles.